The Kier molecular flexibility index (Phi) is 4.40. The number of aryl methyl sites for hydroxylation is 1. The van der Waals surface area contributed by atoms with Crippen molar-refractivity contribution >= 4 is 44.9 Å². The van der Waals surface area contributed by atoms with Crippen LogP contribution < -0.4 is 10.1 Å². The van der Waals surface area contributed by atoms with Crippen molar-refractivity contribution in [2.75, 3.05) is 11.9 Å². The van der Waals surface area contributed by atoms with E-state index in [2.05, 4.69) is 20.3 Å². The lowest BCUT2D eigenvalue weighted by atomic mass is 10.2. The maximum atomic E-state index is 12.5. The van der Waals surface area contributed by atoms with Gasteiger partial charge in [0.2, 0.25) is 5.88 Å². The van der Waals surface area contributed by atoms with Crippen LogP contribution in [0.1, 0.15) is 22.2 Å². The van der Waals surface area contributed by atoms with Gasteiger partial charge in [0.15, 0.2) is 0 Å². The molecule has 3 aromatic heterocycles. The number of nitrogens with one attached hydrogen (secondary N) is 1. The average Bonchev–Trinajstić information content (AvgIpc) is 2.88. The smallest absolute Gasteiger partial charge is 0.267 e. The van der Waals surface area contributed by atoms with Crippen LogP contribution in [0.2, 0.25) is 5.02 Å². The summed E-state index contributed by atoms with van der Waals surface area (Å²) in [5.41, 5.74) is 0.792. The molecule has 0 fully saturated rings. The van der Waals surface area contributed by atoms with Crippen LogP contribution in [0.5, 0.6) is 5.88 Å². The summed E-state index contributed by atoms with van der Waals surface area (Å²) >= 11 is 7.09. The molecule has 8 heteroatoms. The molecule has 6 nitrogen and oxygen atoms in total. The predicted molar refractivity (Wildman–Crippen MR) is 90.5 cm³/mol. The highest BCUT2D eigenvalue weighted by Crippen LogP contribution is 2.34. The highest BCUT2D eigenvalue weighted by molar-refractivity contribution is 7.20. The van der Waals surface area contributed by atoms with E-state index in [0.29, 0.717) is 28.2 Å². The second-order valence-corrected chi connectivity index (χ2v) is 6.10. The summed E-state index contributed by atoms with van der Waals surface area (Å²) < 4.78 is 5.52. The summed E-state index contributed by atoms with van der Waals surface area (Å²) in [7, 11) is 0. The second kappa shape index (κ2) is 6.47. The zero-order valence-corrected chi connectivity index (χ0v) is 14.0. The molecule has 118 valence electrons. The number of hydrogen-bond acceptors (Lipinski definition) is 6. The third kappa shape index (κ3) is 3.11. The van der Waals surface area contributed by atoms with Gasteiger partial charge in [-0.1, -0.05) is 11.6 Å². The maximum absolute atomic E-state index is 12.5. The fraction of sp³-hybridized carbons (Fsp3) is 0.200. The molecule has 0 spiro atoms. The lowest BCUT2D eigenvalue weighted by molar-refractivity contribution is 0.102. The molecule has 3 rings (SSSR count). The van der Waals surface area contributed by atoms with Gasteiger partial charge in [0.1, 0.15) is 17.0 Å². The minimum Gasteiger partial charge on any atom is -0.477 e. The van der Waals surface area contributed by atoms with Gasteiger partial charge in [-0.05, 0) is 31.5 Å². The molecule has 0 unspecified atom stereocenters. The molecule has 0 aliphatic carbocycles. The van der Waals surface area contributed by atoms with Crippen molar-refractivity contribution in [1.82, 2.24) is 15.0 Å². The zero-order valence-electron chi connectivity index (χ0n) is 12.5. The molecule has 0 bridgehead atoms. The van der Waals surface area contributed by atoms with Gasteiger partial charge >= 0.3 is 0 Å². The number of ether oxygens (including phenoxy) is 1. The van der Waals surface area contributed by atoms with E-state index in [4.69, 9.17) is 16.3 Å². The molecule has 0 aromatic carbocycles. The maximum Gasteiger partial charge on any atom is 0.267 e. The number of carbonyl (C=O) groups is 1. The summed E-state index contributed by atoms with van der Waals surface area (Å²) in [6.07, 6.45) is 2.92. The third-order valence-corrected chi connectivity index (χ3v) is 4.57. The Morgan fingerprint density at radius 3 is 2.87 bits per heavy atom. The molecule has 0 aliphatic heterocycles. The number of fused-ring (bicyclic) bond motifs is 1. The van der Waals surface area contributed by atoms with Crippen LogP contribution in [0, 0.1) is 6.92 Å². The minimum atomic E-state index is -0.247. The first-order valence-electron chi connectivity index (χ1n) is 6.90. The molecule has 23 heavy (non-hydrogen) atoms. The molecule has 0 saturated heterocycles. The minimum absolute atomic E-state index is 0.247. The summed E-state index contributed by atoms with van der Waals surface area (Å²) in [4.78, 5) is 26.2. The van der Waals surface area contributed by atoms with Crippen molar-refractivity contribution in [2.24, 2.45) is 0 Å². The Balaban J connectivity index is 1.96. The highest BCUT2D eigenvalue weighted by Gasteiger charge is 2.20. The van der Waals surface area contributed by atoms with E-state index >= 15 is 0 Å². The first-order chi connectivity index (χ1) is 11.1. The number of pyridine rings is 1. The molecule has 3 heterocycles. The number of aromatic nitrogens is 3. The van der Waals surface area contributed by atoms with Crippen LogP contribution in [-0.2, 0) is 0 Å². The molecular weight excluding hydrogens is 336 g/mol. The van der Waals surface area contributed by atoms with E-state index in [0.717, 1.165) is 15.8 Å². The average molecular weight is 349 g/mol. The van der Waals surface area contributed by atoms with Crippen molar-refractivity contribution < 1.29 is 9.53 Å². The standard InChI is InChI=1S/C15H13ClN4O2S/c1-3-22-14-11-8(2)12(23-15(11)19-7-18-14)13(21)20-10-5-4-9(16)6-17-10/h4-7H,3H2,1-2H3,(H,17,20,21). The summed E-state index contributed by atoms with van der Waals surface area (Å²) in [6.45, 7) is 4.24. The number of halogens is 1. The van der Waals surface area contributed by atoms with Gasteiger partial charge in [-0.25, -0.2) is 15.0 Å². The van der Waals surface area contributed by atoms with Gasteiger partial charge in [0.25, 0.3) is 5.91 Å². The van der Waals surface area contributed by atoms with Crippen LogP contribution in [0.4, 0.5) is 5.82 Å². The lowest BCUT2D eigenvalue weighted by Crippen LogP contribution is -2.12. The Morgan fingerprint density at radius 2 is 2.17 bits per heavy atom. The van der Waals surface area contributed by atoms with Gasteiger partial charge in [-0.15, -0.1) is 11.3 Å². The Morgan fingerprint density at radius 1 is 1.35 bits per heavy atom. The fourth-order valence-electron chi connectivity index (χ4n) is 2.12. The van der Waals surface area contributed by atoms with Gasteiger partial charge in [-0.3, -0.25) is 4.79 Å². The number of carbonyl (C=O) groups excluding carboxylic acids is 1. The summed E-state index contributed by atoms with van der Waals surface area (Å²) in [5.74, 6) is 0.685. The Labute approximate surface area is 141 Å². The molecule has 1 N–H and O–H groups in total. The van der Waals surface area contributed by atoms with Crippen molar-refractivity contribution in [1.29, 1.82) is 0 Å². The molecule has 0 radical (unpaired) electrons. The number of rotatable bonds is 4. The Hall–Kier alpha value is -2.25. The van der Waals surface area contributed by atoms with E-state index in [1.54, 1.807) is 12.1 Å². The van der Waals surface area contributed by atoms with Gasteiger partial charge in [-0.2, -0.15) is 0 Å². The SMILES string of the molecule is CCOc1ncnc2sc(C(=O)Nc3ccc(Cl)cn3)c(C)c12. The van der Waals surface area contributed by atoms with E-state index in [9.17, 15) is 4.79 Å². The number of anilines is 1. The van der Waals surface area contributed by atoms with Crippen LogP contribution >= 0.6 is 22.9 Å². The molecule has 0 saturated carbocycles. The van der Waals surface area contributed by atoms with Gasteiger partial charge < -0.3 is 10.1 Å². The number of thiophene rings is 1. The molecule has 0 aliphatic rings. The van der Waals surface area contributed by atoms with E-state index in [1.165, 1.54) is 23.9 Å². The quantitative estimate of drug-likeness (QED) is 0.777. The van der Waals surface area contributed by atoms with Crippen LogP contribution in [0.15, 0.2) is 24.7 Å². The first-order valence-corrected chi connectivity index (χ1v) is 8.09. The highest BCUT2D eigenvalue weighted by atomic mass is 35.5. The summed E-state index contributed by atoms with van der Waals surface area (Å²) in [5, 5.41) is 4.03. The zero-order chi connectivity index (χ0) is 16.4. The number of nitrogens with zero attached hydrogens (tertiary/aromatic N) is 3. The van der Waals surface area contributed by atoms with E-state index in [-0.39, 0.29) is 5.91 Å². The number of hydrogen-bond donors (Lipinski definition) is 1. The van der Waals surface area contributed by atoms with Crippen LogP contribution in [-0.4, -0.2) is 27.5 Å². The van der Waals surface area contributed by atoms with Crippen molar-refractivity contribution in [2.45, 2.75) is 13.8 Å². The van der Waals surface area contributed by atoms with Crippen LogP contribution in [0.25, 0.3) is 10.2 Å². The van der Waals surface area contributed by atoms with E-state index in [1.807, 2.05) is 13.8 Å². The predicted octanol–water partition coefficient (Wildman–Crippen LogP) is 3.70. The normalized spacial score (nSPS) is 10.7. The first kappa shape index (κ1) is 15.6. The number of amides is 1. The van der Waals surface area contributed by atoms with Gasteiger partial charge in [0, 0.05) is 6.20 Å². The van der Waals surface area contributed by atoms with Crippen molar-refractivity contribution in [3.05, 3.63) is 40.1 Å². The third-order valence-electron chi connectivity index (χ3n) is 3.15. The molecule has 1 amide bonds. The summed E-state index contributed by atoms with van der Waals surface area (Å²) in [6, 6.07) is 3.31. The van der Waals surface area contributed by atoms with Crippen molar-refractivity contribution in [3.63, 3.8) is 0 Å². The molecule has 0 atom stereocenters. The monoisotopic (exact) mass is 348 g/mol. The van der Waals surface area contributed by atoms with E-state index < -0.39 is 0 Å². The lowest BCUT2D eigenvalue weighted by Gasteiger charge is -2.04. The second-order valence-electron chi connectivity index (χ2n) is 4.66. The fourth-order valence-corrected chi connectivity index (χ4v) is 3.27. The largest absolute Gasteiger partial charge is 0.477 e. The molecule has 3 aromatic rings. The molecular formula is C15H13ClN4O2S. The van der Waals surface area contributed by atoms with Crippen molar-refractivity contribution in [3.8, 4) is 5.88 Å². The van der Waals surface area contributed by atoms with Gasteiger partial charge in [0.05, 0.1) is 21.9 Å². The van der Waals surface area contributed by atoms with Crippen LogP contribution in [0.3, 0.4) is 0 Å². The Bertz CT molecular complexity index is 864. The topological polar surface area (TPSA) is 77.0 Å².